The van der Waals surface area contributed by atoms with Crippen molar-refractivity contribution in [3.8, 4) is 0 Å². The third-order valence-electron chi connectivity index (χ3n) is 7.02. The number of rotatable bonds is 4. The molecule has 3 aliphatic rings. The summed E-state index contributed by atoms with van der Waals surface area (Å²) in [6, 6.07) is 9.54. The van der Waals surface area contributed by atoms with Gasteiger partial charge in [-0.1, -0.05) is 18.6 Å². The Balaban J connectivity index is 1.35. The molecule has 0 unspecified atom stereocenters. The standard InChI is InChI=1S/C23H27FN2OS/c24-19-6-1-3-16(11-19)12-25-9-7-22-21(13-25)20(18-8-10-28-15-18)14-26(22)23(27)17-4-2-5-17/h1,3,6,8,10-11,15,17,20-22H,2,4-5,7,9,12-14H2/t20-,21-,22-/m0/s1. The van der Waals surface area contributed by atoms with Crippen molar-refractivity contribution in [2.75, 3.05) is 19.6 Å². The molecule has 5 heteroatoms. The molecular formula is C23H27FN2OS. The molecule has 1 aromatic carbocycles. The first-order valence-corrected chi connectivity index (χ1v) is 11.4. The van der Waals surface area contributed by atoms with Crippen molar-refractivity contribution < 1.29 is 9.18 Å². The molecular weight excluding hydrogens is 371 g/mol. The average Bonchev–Trinajstić information content (AvgIpc) is 3.27. The van der Waals surface area contributed by atoms with Gasteiger partial charge in [0.15, 0.2) is 0 Å². The lowest BCUT2D eigenvalue weighted by Gasteiger charge is -2.40. The van der Waals surface area contributed by atoms with E-state index in [1.165, 1.54) is 18.1 Å². The Morgan fingerprint density at radius 2 is 2.07 bits per heavy atom. The van der Waals surface area contributed by atoms with Crippen LogP contribution >= 0.6 is 11.3 Å². The number of carbonyl (C=O) groups excluding carboxylic acids is 1. The first kappa shape index (κ1) is 18.3. The summed E-state index contributed by atoms with van der Waals surface area (Å²) >= 11 is 1.74. The fraction of sp³-hybridized carbons (Fsp3) is 0.522. The van der Waals surface area contributed by atoms with Crippen LogP contribution in [0.3, 0.4) is 0 Å². The monoisotopic (exact) mass is 398 g/mol. The third kappa shape index (κ3) is 3.39. The maximum Gasteiger partial charge on any atom is 0.225 e. The van der Waals surface area contributed by atoms with Gasteiger partial charge in [0.1, 0.15) is 5.82 Å². The van der Waals surface area contributed by atoms with Crippen molar-refractivity contribution in [1.82, 2.24) is 9.80 Å². The number of halogens is 1. The predicted octanol–water partition coefficient (Wildman–Crippen LogP) is 4.50. The molecule has 148 valence electrons. The summed E-state index contributed by atoms with van der Waals surface area (Å²) in [4.78, 5) is 17.8. The van der Waals surface area contributed by atoms with Gasteiger partial charge in [-0.3, -0.25) is 9.69 Å². The van der Waals surface area contributed by atoms with E-state index in [9.17, 15) is 9.18 Å². The van der Waals surface area contributed by atoms with Crippen molar-refractivity contribution in [3.05, 3.63) is 58.0 Å². The Labute approximate surface area is 170 Å². The van der Waals surface area contributed by atoms with Crippen LogP contribution in [0.25, 0.3) is 0 Å². The number of piperidine rings is 1. The molecule has 2 aromatic rings. The number of amides is 1. The maximum absolute atomic E-state index is 13.6. The average molecular weight is 399 g/mol. The molecule has 1 aromatic heterocycles. The second kappa shape index (κ2) is 7.60. The number of benzene rings is 1. The highest BCUT2D eigenvalue weighted by molar-refractivity contribution is 7.08. The van der Waals surface area contributed by atoms with Gasteiger partial charge < -0.3 is 4.90 Å². The zero-order valence-corrected chi connectivity index (χ0v) is 16.9. The first-order valence-electron chi connectivity index (χ1n) is 10.5. The summed E-state index contributed by atoms with van der Waals surface area (Å²) in [5, 5.41) is 4.40. The number of thiophene rings is 1. The summed E-state index contributed by atoms with van der Waals surface area (Å²) in [5.41, 5.74) is 2.42. The van der Waals surface area contributed by atoms with Gasteiger partial charge >= 0.3 is 0 Å². The molecule has 28 heavy (non-hydrogen) atoms. The van der Waals surface area contributed by atoms with E-state index in [1.807, 2.05) is 6.07 Å². The van der Waals surface area contributed by atoms with E-state index < -0.39 is 0 Å². The quantitative estimate of drug-likeness (QED) is 0.757. The van der Waals surface area contributed by atoms with Crippen LogP contribution in [0.4, 0.5) is 4.39 Å². The minimum atomic E-state index is -0.165. The van der Waals surface area contributed by atoms with E-state index in [-0.39, 0.29) is 11.7 Å². The second-order valence-corrected chi connectivity index (χ2v) is 9.45. The fourth-order valence-corrected chi connectivity index (χ4v) is 6.05. The number of hydrogen-bond donors (Lipinski definition) is 0. The lowest BCUT2D eigenvalue weighted by atomic mass is 9.82. The van der Waals surface area contributed by atoms with Gasteiger partial charge in [-0.25, -0.2) is 4.39 Å². The number of likely N-dealkylation sites (tertiary alicyclic amines) is 2. The number of carbonyl (C=O) groups is 1. The second-order valence-electron chi connectivity index (χ2n) is 8.67. The van der Waals surface area contributed by atoms with E-state index in [1.54, 1.807) is 23.5 Å². The largest absolute Gasteiger partial charge is 0.338 e. The van der Waals surface area contributed by atoms with Crippen LogP contribution in [-0.2, 0) is 11.3 Å². The lowest BCUT2D eigenvalue weighted by molar-refractivity contribution is -0.140. The highest BCUT2D eigenvalue weighted by Gasteiger charge is 2.48. The summed E-state index contributed by atoms with van der Waals surface area (Å²) < 4.78 is 13.6. The van der Waals surface area contributed by atoms with E-state index >= 15 is 0 Å². The van der Waals surface area contributed by atoms with Gasteiger partial charge in [0.05, 0.1) is 0 Å². The molecule has 3 atom stereocenters. The topological polar surface area (TPSA) is 23.6 Å². The van der Waals surface area contributed by atoms with Crippen molar-refractivity contribution in [1.29, 1.82) is 0 Å². The fourth-order valence-electron chi connectivity index (χ4n) is 5.32. The highest BCUT2D eigenvalue weighted by atomic mass is 32.1. The van der Waals surface area contributed by atoms with Gasteiger partial charge in [0.25, 0.3) is 0 Å². The van der Waals surface area contributed by atoms with Crippen LogP contribution in [-0.4, -0.2) is 41.4 Å². The Hall–Kier alpha value is -1.72. The van der Waals surface area contributed by atoms with E-state index in [0.29, 0.717) is 23.8 Å². The summed E-state index contributed by atoms with van der Waals surface area (Å²) in [5.74, 6) is 1.41. The molecule has 1 aliphatic carbocycles. The third-order valence-corrected chi connectivity index (χ3v) is 7.72. The van der Waals surface area contributed by atoms with E-state index in [2.05, 4.69) is 26.6 Å². The van der Waals surface area contributed by atoms with E-state index in [0.717, 1.165) is 51.0 Å². The zero-order valence-electron chi connectivity index (χ0n) is 16.1. The predicted molar refractivity (Wildman–Crippen MR) is 110 cm³/mol. The molecule has 1 saturated carbocycles. The Morgan fingerprint density at radius 1 is 1.18 bits per heavy atom. The normalized spacial score (nSPS) is 28.2. The Morgan fingerprint density at radius 3 is 2.79 bits per heavy atom. The highest BCUT2D eigenvalue weighted by Crippen LogP contribution is 2.44. The van der Waals surface area contributed by atoms with Crippen LogP contribution in [0.1, 0.15) is 42.7 Å². The number of hydrogen-bond acceptors (Lipinski definition) is 3. The minimum absolute atomic E-state index is 0.165. The summed E-state index contributed by atoms with van der Waals surface area (Å²) in [6.45, 7) is 3.61. The van der Waals surface area contributed by atoms with Crippen molar-refractivity contribution >= 4 is 17.2 Å². The van der Waals surface area contributed by atoms with Crippen LogP contribution < -0.4 is 0 Å². The Bertz CT molecular complexity index is 835. The molecule has 1 amide bonds. The van der Waals surface area contributed by atoms with Crippen LogP contribution in [0, 0.1) is 17.7 Å². The molecule has 0 bridgehead atoms. The lowest BCUT2D eigenvalue weighted by Crippen LogP contribution is -2.49. The molecule has 3 nitrogen and oxygen atoms in total. The molecule has 2 aliphatic heterocycles. The number of fused-ring (bicyclic) bond motifs is 1. The molecule has 0 radical (unpaired) electrons. The summed E-state index contributed by atoms with van der Waals surface area (Å²) in [7, 11) is 0. The van der Waals surface area contributed by atoms with Gasteiger partial charge in [0, 0.05) is 50.0 Å². The summed E-state index contributed by atoms with van der Waals surface area (Å²) in [6.07, 6.45) is 4.37. The maximum atomic E-state index is 13.6. The zero-order chi connectivity index (χ0) is 19.1. The molecule has 3 fully saturated rings. The first-order chi connectivity index (χ1) is 13.7. The van der Waals surface area contributed by atoms with Gasteiger partial charge in [-0.15, -0.1) is 0 Å². The SMILES string of the molecule is O=C(C1CCC1)N1C[C@@H](c2ccsc2)[C@@H]2CN(Cc3cccc(F)c3)CC[C@@H]21. The van der Waals surface area contributed by atoms with Gasteiger partial charge in [-0.05, 0) is 59.3 Å². The molecule has 5 rings (SSSR count). The van der Waals surface area contributed by atoms with Crippen molar-refractivity contribution in [2.45, 2.75) is 44.2 Å². The Kier molecular flexibility index (Phi) is 4.97. The minimum Gasteiger partial charge on any atom is -0.338 e. The van der Waals surface area contributed by atoms with Crippen LogP contribution in [0.5, 0.6) is 0 Å². The number of nitrogens with zero attached hydrogens (tertiary/aromatic N) is 2. The molecule has 0 N–H and O–H groups in total. The van der Waals surface area contributed by atoms with Gasteiger partial charge in [-0.2, -0.15) is 11.3 Å². The molecule has 0 spiro atoms. The van der Waals surface area contributed by atoms with E-state index in [4.69, 9.17) is 0 Å². The van der Waals surface area contributed by atoms with Crippen molar-refractivity contribution in [3.63, 3.8) is 0 Å². The molecule has 3 heterocycles. The van der Waals surface area contributed by atoms with Crippen LogP contribution in [0.2, 0.25) is 0 Å². The van der Waals surface area contributed by atoms with Crippen LogP contribution in [0.15, 0.2) is 41.1 Å². The molecule has 2 saturated heterocycles. The smallest absolute Gasteiger partial charge is 0.225 e. The van der Waals surface area contributed by atoms with Gasteiger partial charge in [0.2, 0.25) is 5.91 Å². The van der Waals surface area contributed by atoms with Crippen molar-refractivity contribution in [2.24, 2.45) is 11.8 Å².